The summed E-state index contributed by atoms with van der Waals surface area (Å²) >= 11 is 8.90. The number of amides is 1. The van der Waals surface area contributed by atoms with E-state index < -0.39 is 0 Å². The lowest BCUT2D eigenvalue weighted by atomic mass is 10.2. The molecule has 0 radical (unpaired) electrons. The highest BCUT2D eigenvalue weighted by atomic mass is 35.5. The minimum Gasteiger partial charge on any atom is -0.495 e. The summed E-state index contributed by atoms with van der Waals surface area (Å²) in [5.41, 5.74) is 2.55. The number of rotatable bonds is 6. The molecule has 4 nitrogen and oxygen atoms in total. The molecule has 0 saturated heterocycles. The van der Waals surface area contributed by atoms with E-state index in [0.29, 0.717) is 16.5 Å². The van der Waals surface area contributed by atoms with Crippen LogP contribution >= 0.6 is 34.7 Å². The Bertz CT molecular complexity index is 869. The highest BCUT2D eigenvalue weighted by Crippen LogP contribution is 2.30. The summed E-state index contributed by atoms with van der Waals surface area (Å²) in [6.07, 6.45) is 0. The van der Waals surface area contributed by atoms with E-state index >= 15 is 0 Å². The zero-order valence-corrected chi connectivity index (χ0v) is 15.8. The van der Waals surface area contributed by atoms with Crippen LogP contribution in [0.3, 0.4) is 0 Å². The van der Waals surface area contributed by atoms with Crippen LogP contribution in [0, 0.1) is 0 Å². The fourth-order valence-corrected chi connectivity index (χ4v) is 3.96. The highest BCUT2D eigenvalue weighted by molar-refractivity contribution is 8.01. The maximum atomic E-state index is 12.2. The molecule has 1 heterocycles. The lowest BCUT2D eigenvalue weighted by Gasteiger charge is -2.10. The molecule has 2 aromatic carbocycles. The predicted molar refractivity (Wildman–Crippen MR) is 105 cm³/mol. The van der Waals surface area contributed by atoms with Gasteiger partial charge in [0, 0.05) is 16.0 Å². The number of benzene rings is 2. The maximum Gasteiger partial charge on any atom is 0.234 e. The van der Waals surface area contributed by atoms with Gasteiger partial charge in [-0.1, -0.05) is 53.7 Å². The van der Waals surface area contributed by atoms with E-state index in [-0.39, 0.29) is 11.7 Å². The fraction of sp³-hybridized carbons (Fsp3) is 0.111. The highest BCUT2D eigenvalue weighted by Gasteiger charge is 2.11. The Labute approximate surface area is 159 Å². The molecule has 0 atom stereocenters. The third-order valence-corrected chi connectivity index (χ3v) is 5.57. The topological polar surface area (TPSA) is 51.2 Å². The lowest BCUT2D eigenvalue weighted by molar-refractivity contribution is -0.113. The summed E-state index contributed by atoms with van der Waals surface area (Å²) in [5, 5.41) is 5.35. The monoisotopic (exact) mass is 390 g/mol. The number of aromatic nitrogens is 1. The summed E-state index contributed by atoms with van der Waals surface area (Å²) in [7, 11) is 1.55. The number of carbonyl (C=O) groups is 1. The van der Waals surface area contributed by atoms with Crippen LogP contribution in [0.4, 0.5) is 5.69 Å². The second-order valence-corrected chi connectivity index (χ2v) is 7.56. The van der Waals surface area contributed by atoms with Crippen molar-refractivity contribution in [1.29, 1.82) is 0 Å². The molecule has 3 rings (SSSR count). The first-order valence-electron chi connectivity index (χ1n) is 7.43. The number of thioether (sulfide) groups is 1. The molecule has 0 aliphatic rings. The van der Waals surface area contributed by atoms with Gasteiger partial charge in [0.1, 0.15) is 5.75 Å². The maximum absolute atomic E-state index is 12.2. The summed E-state index contributed by atoms with van der Waals surface area (Å²) in [6, 6.07) is 15.1. The minimum absolute atomic E-state index is 0.137. The van der Waals surface area contributed by atoms with Crippen LogP contribution in [0.25, 0.3) is 11.3 Å². The van der Waals surface area contributed by atoms with Crippen LogP contribution in [0.1, 0.15) is 0 Å². The van der Waals surface area contributed by atoms with Gasteiger partial charge in [-0.25, -0.2) is 4.98 Å². The molecule has 0 spiro atoms. The molecule has 25 heavy (non-hydrogen) atoms. The molecular weight excluding hydrogens is 376 g/mol. The quantitative estimate of drug-likeness (QED) is 0.587. The number of carbonyl (C=O) groups excluding carboxylic acids is 1. The van der Waals surface area contributed by atoms with Gasteiger partial charge >= 0.3 is 0 Å². The Hall–Kier alpha value is -2.02. The Morgan fingerprint density at radius 2 is 2.08 bits per heavy atom. The minimum atomic E-state index is -0.137. The Morgan fingerprint density at radius 3 is 2.84 bits per heavy atom. The number of hydrogen-bond donors (Lipinski definition) is 1. The van der Waals surface area contributed by atoms with Crippen LogP contribution < -0.4 is 10.1 Å². The normalized spacial score (nSPS) is 10.5. The van der Waals surface area contributed by atoms with Crippen molar-refractivity contribution in [2.75, 3.05) is 18.2 Å². The van der Waals surface area contributed by atoms with Crippen LogP contribution in [-0.4, -0.2) is 23.8 Å². The number of halogens is 1. The van der Waals surface area contributed by atoms with Crippen LogP contribution in [0.5, 0.6) is 5.75 Å². The molecule has 3 aromatic rings. The molecule has 0 aliphatic heterocycles. The number of nitrogens with one attached hydrogen (secondary N) is 1. The Morgan fingerprint density at radius 1 is 1.28 bits per heavy atom. The molecule has 7 heteroatoms. The molecular formula is C18H15ClN2O2S2. The van der Waals surface area contributed by atoms with Gasteiger partial charge in [0.05, 0.1) is 24.2 Å². The van der Waals surface area contributed by atoms with E-state index in [2.05, 4.69) is 10.3 Å². The van der Waals surface area contributed by atoms with E-state index in [0.717, 1.165) is 15.6 Å². The largest absolute Gasteiger partial charge is 0.495 e. The summed E-state index contributed by atoms with van der Waals surface area (Å²) < 4.78 is 6.08. The van der Waals surface area contributed by atoms with Gasteiger partial charge in [-0.2, -0.15) is 0 Å². The molecule has 0 unspecified atom stereocenters. The molecule has 1 amide bonds. The van der Waals surface area contributed by atoms with Gasteiger partial charge < -0.3 is 10.1 Å². The van der Waals surface area contributed by atoms with Gasteiger partial charge in [-0.05, 0) is 18.2 Å². The predicted octanol–water partition coefficient (Wildman–Crippen LogP) is 5.20. The molecule has 0 aliphatic carbocycles. The first kappa shape index (κ1) is 17.8. The number of methoxy groups -OCH3 is 1. The van der Waals surface area contributed by atoms with Crippen molar-refractivity contribution in [3.63, 3.8) is 0 Å². The first-order valence-corrected chi connectivity index (χ1v) is 9.67. The molecule has 1 N–H and O–H groups in total. The van der Waals surface area contributed by atoms with E-state index in [9.17, 15) is 4.79 Å². The summed E-state index contributed by atoms with van der Waals surface area (Å²) in [5.74, 6) is 0.697. The first-order chi connectivity index (χ1) is 12.2. The number of nitrogens with zero attached hydrogens (tertiary/aromatic N) is 1. The number of thiazole rings is 1. The van der Waals surface area contributed by atoms with Crippen LogP contribution in [0.2, 0.25) is 5.02 Å². The number of hydrogen-bond acceptors (Lipinski definition) is 5. The van der Waals surface area contributed by atoms with Gasteiger partial charge in [0.2, 0.25) is 5.91 Å². The van der Waals surface area contributed by atoms with Gasteiger partial charge in [-0.3, -0.25) is 4.79 Å². The van der Waals surface area contributed by atoms with E-state index in [1.165, 1.54) is 23.1 Å². The Balaban J connectivity index is 1.60. The van der Waals surface area contributed by atoms with Crippen molar-refractivity contribution in [2.45, 2.75) is 4.34 Å². The summed E-state index contributed by atoms with van der Waals surface area (Å²) in [6.45, 7) is 0. The third kappa shape index (κ3) is 4.75. The Kier molecular flexibility index (Phi) is 5.96. The number of anilines is 1. The zero-order valence-electron chi connectivity index (χ0n) is 13.4. The molecule has 1 aromatic heterocycles. The molecule has 0 saturated carbocycles. The van der Waals surface area contributed by atoms with Crippen molar-refractivity contribution in [3.8, 4) is 17.0 Å². The van der Waals surface area contributed by atoms with Gasteiger partial charge in [-0.15, -0.1) is 11.3 Å². The SMILES string of the molecule is COc1ccc(Cl)cc1NC(=O)CSc1nc(-c2ccccc2)cs1. The second kappa shape index (κ2) is 8.38. The molecule has 0 fully saturated rings. The van der Waals surface area contributed by atoms with Crippen molar-refractivity contribution in [3.05, 3.63) is 58.9 Å². The van der Waals surface area contributed by atoms with Crippen LogP contribution in [0.15, 0.2) is 58.3 Å². The third-order valence-electron chi connectivity index (χ3n) is 3.32. The second-order valence-electron chi connectivity index (χ2n) is 5.05. The lowest BCUT2D eigenvalue weighted by Crippen LogP contribution is -2.14. The standard InChI is InChI=1S/C18H15ClN2O2S2/c1-23-16-8-7-13(19)9-14(16)20-17(22)11-25-18-21-15(10-24-18)12-5-3-2-4-6-12/h2-10H,11H2,1H3,(H,20,22). The van der Waals surface area contributed by atoms with Gasteiger partial charge in [0.25, 0.3) is 0 Å². The van der Waals surface area contributed by atoms with E-state index in [4.69, 9.17) is 16.3 Å². The van der Waals surface area contributed by atoms with E-state index in [1.54, 1.807) is 25.3 Å². The fourth-order valence-electron chi connectivity index (χ4n) is 2.16. The molecule has 128 valence electrons. The zero-order chi connectivity index (χ0) is 17.6. The molecule has 0 bridgehead atoms. The van der Waals surface area contributed by atoms with Crippen molar-refractivity contribution >= 4 is 46.3 Å². The van der Waals surface area contributed by atoms with E-state index in [1.807, 2.05) is 35.7 Å². The smallest absolute Gasteiger partial charge is 0.234 e. The van der Waals surface area contributed by atoms with Crippen LogP contribution in [-0.2, 0) is 4.79 Å². The average Bonchev–Trinajstić information content (AvgIpc) is 3.10. The van der Waals surface area contributed by atoms with Gasteiger partial charge in [0.15, 0.2) is 4.34 Å². The van der Waals surface area contributed by atoms with Crippen molar-refractivity contribution in [2.24, 2.45) is 0 Å². The van der Waals surface area contributed by atoms with Crippen molar-refractivity contribution in [1.82, 2.24) is 4.98 Å². The average molecular weight is 391 g/mol. The van der Waals surface area contributed by atoms with Crippen molar-refractivity contribution < 1.29 is 9.53 Å². The summed E-state index contributed by atoms with van der Waals surface area (Å²) in [4.78, 5) is 16.8. The number of ether oxygens (including phenoxy) is 1.